The number of fused-ring (bicyclic) bond motifs is 1. The van der Waals surface area contributed by atoms with Crippen LogP contribution in [-0.2, 0) is 4.79 Å². The summed E-state index contributed by atoms with van der Waals surface area (Å²) in [5.41, 5.74) is 1.34. The van der Waals surface area contributed by atoms with Gasteiger partial charge in [0, 0.05) is 11.3 Å². The zero-order valence-electron chi connectivity index (χ0n) is 9.91. The highest BCUT2D eigenvalue weighted by Gasteiger charge is 2.33. The molecule has 18 heavy (non-hydrogen) atoms. The first-order valence-electron chi connectivity index (χ1n) is 5.48. The number of hydrogen-bond acceptors (Lipinski definition) is 6. The van der Waals surface area contributed by atoms with Crippen molar-refractivity contribution < 1.29 is 9.21 Å². The zero-order valence-corrected chi connectivity index (χ0v) is 9.91. The van der Waals surface area contributed by atoms with Gasteiger partial charge in [0.05, 0.1) is 6.26 Å². The highest BCUT2D eigenvalue weighted by molar-refractivity contribution is 5.96. The maximum Gasteiger partial charge on any atom is 0.248 e. The Morgan fingerprint density at radius 2 is 2.39 bits per heavy atom. The minimum absolute atomic E-state index is 0.0393. The Balaban J connectivity index is 2.21. The fourth-order valence-electron chi connectivity index (χ4n) is 2.18. The average molecular weight is 245 g/mol. The number of carbonyl (C=O) groups excluding carboxylic acids is 1. The molecule has 7 heteroatoms. The summed E-state index contributed by atoms with van der Waals surface area (Å²) >= 11 is 0. The zero-order chi connectivity index (χ0) is 12.7. The smallest absolute Gasteiger partial charge is 0.248 e. The summed E-state index contributed by atoms with van der Waals surface area (Å²) in [6.07, 6.45) is 1.56. The summed E-state index contributed by atoms with van der Waals surface area (Å²) in [6, 6.07) is 3.16. The van der Waals surface area contributed by atoms with E-state index >= 15 is 0 Å². The molecule has 1 atom stereocenters. The molecular weight excluding hydrogens is 234 g/mol. The highest BCUT2D eigenvalue weighted by atomic mass is 16.3. The van der Waals surface area contributed by atoms with Gasteiger partial charge in [0.1, 0.15) is 11.8 Å². The Labute approximate surface area is 102 Å². The van der Waals surface area contributed by atoms with E-state index in [4.69, 9.17) is 4.42 Å². The van der Waals surface area contributed by atoms with Crippen molar-refractivity contribution in [3.63, 3.8) is 0 Å². The van der Waals surface area contributed by atoms with Gasteiger partial charge >= 0.3 is 0 Å². The second-order valence-electron chi connectivity index (χ2n) is 4.08. The van der Waals surface area contributed by atoms with Gasteiger partial charge in [-0.25, -0.2) is 0 Å². The van der Waals surface area contributed by atoms with Gasteiger partial charge in [-0.3, -0.25) is 4.79 Å². The van der Waals surface area contributed by atoms with Gasteiger partial charge in [-0.05, 0) is 36.4 Å². The van der Waals surface area contributed by atoms with Crippen LogP contribution in [0.4, 0.5) is 5.95 Å². The molecule has 1 aliphatic rings. The van der Waals surface area contributed by atoms with Crippen LogP contribution in [0.2, 0.25) is 0 Å². The fraction of sp³-hybridized carbons (Fsp3) is 0.273. The molecule has 3 heterocycles. The highest BCUT2D eigenvalue weighted by Crippen LogP contribution is 2.34. The van der Waals surface area contributed by atoms with E-state index in [0.717, 1.165) is 5.70 Å². The Bertz CT molecular complexity index is 626. The number of carbonyl (C=O) groups is 1. The number of hydrogen-bond donors (Lipinski definition) is 1. The molecule has 7 nitrogen and oxygen atoms in total. The van der Waals surface area contributed by atoms with Crippen LogP contribution in [0, 0.1) is 0 Å². The number of nitrogens with zero attached hydrogens (tertiary/aromatic N) is 4. The van der Waals surface area contributed by atoms with Gasteiger partial charge in [0.25, 0.3) is 0 Å². The number of allylic oxidation sites excluding steroid dienone is 2. The summed E-state index contributed by atoms with van der Waals surface area (Å²) in [5.74, 6) is 1.09. The number of tetrazole rings is 1. The monoisotopic (exact) mass is 245 g/mol. The summed E-state index contributed by atoms with van der Waals surface area (Å²) < 4.78 is 6.94. The maximum atomic E-state index is 11.8. The third-order valence-corrected chi connectivity index (χ3v) is 2.91. The summed E-state index contributed by atoms with van der Waals surface area (Å²) in [7, 11) is 0. The lowest BCUT2D eigenvalue weighted by atomic mass is 9.98. The van der Waals surface area contributed by atoms with Crippen LogP contribution in [-0.4, -0.2) is 26.0 Å². The quantitative estimate of drug-likeness (QED) is 0.854. The van der Waals surface area contributed by atoms with Crippen LogP contribution in [0.25, 0.3) is 0 Å². The van der Waals surface area contributed by atoms with Crippen LogP contribution in [0.5, 0.6) is 0 Å². The standard InChI is InChI=1S/C11H11N5O2/c1-6-9(7(2)17)10(8-4-3-5-18-8)16-11(12-6)13-14-15-16/h3-5,10H,1-2H3,(H,12,13,15). The first-order valence-corrected chi connectivity index (χ1v) is 5.48. The third kappa shape index (κ3) is 1.44. The fourth-order valence-corrected chi connectivity index (χ4v) is 2.18. The number of nitrogens with one attached hydrogen (secondary N) is 1. The first kappa shape index (κ1) is 10.7. The Morgan fingerprint density at radius 3 is 3.06 bits per heavy atom. The number of aromatic nitrogens is 4. The molecule has 92 valence electrons. The molecule has 0 saturated carbocycles. The van der Waals surface area contributed by atoms with Crippen LogP contribution in [0.3, 0.4) is 0 Å². The lowest BCUT2D eigenvalue weighted by molar-refractivity contribution is -0.114. The molecule has 0 bridgehead atoms. The molecule has 0 saturated heterocycles. The van der Waals surface area contributed by atoms with E-state index in [9.17, 15) is 4.79 Å². The van der Waals surface area contributed by atoms with Gasteiger partial charge in [0.2, 0.25) is 5.95 Å². The topological polar surface area (TPSA) is 85.8 Å². The number of ketones is 1. The van der Waals surface area contributed by atoms with Crippen LogP contribution < -0.4 is 5.32 Å². The molecule has 0 aliphatic carbocycles. The average Bonchev–Trinajstić information content (AvgIpc) is 2.96. The van der Waals surface area contributed by atoms with Crippen molar-refractivity contribution in [2.24, 2.45) is 0 Å². The molecule has 1 N–H and O–H groups in total. The molecular formula is C11H11N5O2. The molecule has 1 unspecified atom stereocenters. The van der Waals surface area contributed by atoms with E-state index in [-0.39, 0.29) is 5.78 Å². The predicted octanol–water partition coefficient (Wildman–Crippen LogP) is 1.14. The largest absolute Gasteiger partial charge is 0.467 e. The summed E-state index contributed by atoms with van der Waals surface area (Å²) in [5, 5.41) is 14.4. The lowest BCUT2D eigenvalue weighted by Gasteiger charge is -2.25. The Kier molecular flexibility index (Phi) is 2.26. The van der Waals surface area contributed by atoms with Crippen molar-refractivity contribution in [2.45, 2.75) is 19.9 Å². The molecule has 0 aromatic carbocycles. The van der Waals surface area contributed by atoms with Crippen LogP contribution >= 0.6 is 0 Å². The number of furan rings is 1. The van der Waals surface area contributed by atoms with Crippen molar-refractivity contribution in [2.75, 3.05) is 5.32 Å². The van der Waals surface area contributed by atoms with E-state index in [1.54, 1.807) is 23.1 Å². The van der Waals surface area contributed by atoms with Crippen molar-refractivity contribution in [3.8, 4) is 0 Å². The second-order valence-corrected chi connectivity index (χ2v) is 4.08. The SMILES string of the molecule is CC(=O)C1=C(C)Nc2nnnn2C1c1ccco1. The number of Topliss-reactive ketones (excluding diaryl/α,β-unsaturated/α-hetero) is 1. The Morgan fingerprint density at radius 1 is 1.56 bits per heavy atom. The minimum Gasteiger partial charge on any atom is -0.467 e. The summed E-state index contributed by atoms with van der Waals surface area (Å²) in [4.78, 5) is 11.8. The molecule has 3 rings (SSSR count). The van der Waals surface area contributed by atoms with Gasteiger partial charge < -0.3 is 9.73 Å². The van der Waals surface area contributed by atoms with E-state index < -0.39 is 6.04 Å². The number of rotatable bonds is 2. The molecule has 0 spiro atoms. The molecule has 2 aromatic rings. The maximum absolute atomic E-state index is 11.8. The van der Waals surface area contributed by atoms with Gasteiger partial charge in [-0.1, -0.05) is 5.10 Å². The van der Waals surface area contributed by atoms with Crippen molar-refractivity contribution in [1.82, 2.24) is 20.2 Å². The van der Waals surface area contributed by atoms with E-state index in [1.807, 2.05) is 6.92 Å². The van der Waals surface area contributed by atoms with Gasteiger partial charge in [-0.15, -0.1) is 0 Å². The summed E-state index contributed by atoms with van der Waals surface area (Å²) in [6.45, 7) is 3.34. The van der Waals surface area contributed by atoms with Gasteiger partial charge in [0.15, 0.2) is 5.78 Å². The molecule has 0 amide bonds. The third-order valence-electron chi connectivity index (χ3n) is 2.91. The van der Waals surface area contributed by atoms with Crippen LogP contribution in [0.1, 0.15) is 25.6 Å². The van der Waals surface area contributed by atoms with E-state index in [2.05, 4.69) is 20.8 Å². The first-order chi connectivity index (χ1) is 8.68. The molecule has 2 aromatic heterocycles. The van der Waals surface area contributed by atoms with Crippen LogP contribution in [0.15, 0.2) is 34.1 Å². The van der Waals surface area contributed by atoms with E-state index in [1.165, 1.54) is 6.92 Å². The minimum atomic E-state index is -0.413. The normalized spacial score (nSPS) is 18.4. The Hall–Kier alpha value is -2.44. The van der Waals surface area contributed by atoms with E-state index in [0.29, 0.717) is 17.3 Å². The van der Waals surface area contributed by atoms with Crippen molar-refractivity contribution in [3.05, 3.63) is 35.4 Å². The number of anilines is 1. The lowest BCUT2D eigenvalue weighted by Crippen LogP contribution is -2.27. The molecule has 1 aliphatic heterocycles. The molecule has 0 fully saturated rings. The van der Waals surface area contributed by atoms with Gasteiger partial charge in [-0.2, -0.15) is 4.68 Å². The molecule has 0 radical (unpaired) electrons. The second kappa shape index (κ2) is 3.80. The van der Waals surface area contributed by atoms with Crippen molar-refractivity contribution >= 4 is 11.7 Å². The van der Waals surface area contributed by atoms with Crippen molar-refractivity contribution in [1.29, 1.82) is 0 Å². The predicted molar refractivity (Wildman–Crippen MR) is 61.7 cm³/mol.